The third-order valence-electron chi connectivity index (χ3n) is 4.78. The highest BCUT2D eigenvalue weighted by molar-refractivity contribution is 5.67. The lowest BCUT2D eigenvalue weighted by molar-refractivity contribution is 0.0658. The molecule has 0 unspecified atom stereocenters. The first-order chi connectivity index (χ1) is 10.8. The third kappa shape index (κ3) is 3.40. The van der Waals surface area contributed by atoms with Gasteiger partial charge in [-0.2, -0.15) is 4.98 Å². The quantitative estimate of drug-likeness (QED) is 0.849. The summed E-state index contributed by atoms with van der Waals surface area (Å²) in [6.45, 7) is 6.04. The van der Waals surface area contributed by atoms with E-state index in [1.165, 1.54) is 6.39 Å². The average Bonchev–Trinajstić information content (AvgIpc) is 3.10. The summed E-state index contributed by atoms with van der Waals surface area (Å²) in [4.78, 5) is 20.3. The Hall–Kier alpha value is -1.63. The standard InChI is InChI=1S/C15H24N4O3/c1-2-21-15(20)19-9-5-13(6-10-19)18-7-3-12(4-8-18)14-16-11-22-17-14/h11-13H,2-10H2,1H3. The zero-order valence-electron chi connectivity index (χ0n) is 13.1. The predicted octanol–water partition coefficient (Wildman–Crippen LogP) is 1.87. The topological polar surface area (TPSA) is 71.7 Å². The van der Waals surface area contributed by atoms with Crippen LogP contribution in [0.2, 0.25) is 0 Å². The predicted molar refractivity (Wildman–Crippen MR) is 79.5 cm³/mol. The Balaban J connectivity index is 1.44. The molecule has 22 heavy (non-hydrogen) atoms. The smallest absolute Gasteiger partial charge is 0.409 e. The van der Waals surface area contributed by atoms with Crippen LogP contribution in [0.3, 0.4) is 0 Å². The van der Waals surface area contributed by atoms with Crippen molar-refractivity contribution in [1.29, 1.82) is 0 Å². The van der Waals surface area contributed by atoms with E-state index in [2.05, 4.69) is 15.0 Å². The number of piperidine rings is 2. The Kier molecular flexibility index (Phi) is 4.92. The molecule has 7 heteroatoms. The molecule has 0 saturated carbocycles. The number of carbonyl (C=O) groups is 1. The van der Waals surface area contributed by atoms with Crippen LogP contribution in [0.25, 0.3) is 0 Å². The fourth-order valence-corrected chi connectivity index (χ4v) is 3.51. The van der Waals surface area contributed by atoms with E-state index in [1.807, 2.05) is 11.8 Å². The second-order valence-corrected chi connectivity index (χ2v) is 6.02. The van der Waals surface area contributed by atoms with Gasteiger partial charge in [0, 0.05) is 25.0 Å². The molecule has 2 aliphatic rings. The van der Waals surface area contributed by atoms with E-state index in [0.29, 0.717) is 18.6 Å². The number of hydrogen-bond acceptors (Lipinski definition) is 6. The molecule has 0 atom stereocenters. The maximum atomic E-state index is 11.7. The van der Waals surface area contributed by atoms with Crippen LogP contribution >= 0.6 is 0 Å². The summed E-state index contributed by atoms with van der Waals surface area (Å²) in [5.74, 6) is 1.27. The van der Waals surface area contributed by atoms with Crippen LogP contribution in [0.4, 0.5) is 4.79 Å². The Morgan fingerprint density at radius 1 is 1.27 bits per heavy atom. The number of carbonyl (C=O) groups excluding carboxylic acids is 1. The molecule has 2 saturated heterocycles. The number of aromatic nitrogens is 2. The summed E-state index contributed by atoms with van der Waals surface area (Å²) in [6, 6.07) is 0.580. The molecule has 1 amide bonds. The average molecular weight is 308 g/mol. The molecule has 0 spiro atoms. The van der Waals surface area contributed by atoms with Crippen LogP contribution in [0.1, 0.15) is 44.3 Å². The van der Waals surface area contributed by atoms with Gasteiger partial charge in [-0.3, -0.25) is 0 Å². The molecule has 1 aromatic rings. The lowest BCUT2D eigenvalue weighted by atomic mass is 9.93. The van der Waals surface area contributed by atoms with Crippen LogP contribution in [-0.4, -0.2) is 64.9 Å². The van der Waals surface area contributed by atoms with Crippen molar-refractivity contribution in [3.05, 3.63) is 12.2 Å². The lowest BCUT2D eigenvalue weighted by Crippen LogP contribution is -2.49. The van der Waals surface area contributed by atoms with E-state index in [1.54, 1.807) is 0 Å². The molecular formula is C15H24N4O3. The molecular weight excluding hydrogens is 284 g/mol. The Morgan fingerprint density at radius 3 is 2.59 bits per heavy atom. The maximum absolute atomic E-state index is 11.7. The SMILES string of the molecule is CCOC(=O)N1CCC(N2CCC(c3ncon3)CC2)CC1. The molecule has 0 N–H and O–H groups in total. The van der Waals surface area contributed by atoms with Gasteiger partial charge in [-0.15, -0.1) is 0 Å². The molecule has 122 valence electrons. The molecule has 3 rings (SSSR count). The Morgan fingerprint density at radius 2 is 2.00 bits per heavy atom. The van der Waals surface area contributed by atoms with Gasteiger partial charge in [0.1, 0.15) is 0 Å². The van der Waals surface area contributed by atoms with Crippen LogP contribution in [-0.2, 0) is 4.74 Å². The van der Waals surface area contributed by atoms with Crippen LogP contribution < -0.4 is 0 Å². The number of rotatable bonds is 3. The number of nitrogens with zero attached hydrogens (tertiary/aromatic N) is 4. The molecule has 0 aliphatic carbocycles. The summed E-state index contributed by atoms with van der Waals surface area (Å²) < 4.78 is 9.91. The van der Waals surface area contributed by atoms with Crippen LogP contribution in [0, 0.1) is 0 Å². The van der Waals surface area contributed by atoms with E-state index in [9.17, 15) is 4.79 Å². The molecule has 0 bridgehead atoms. The van der Waals surface area contributed by atoms with Gasteiger partial charge in [-0.1, -0.05) is 5.16 Å². The van der Waals surface area contributed by atoms with Gasteiger partial charge in [0.05, 0.1) is 6.61 Å². The minimum absolute atomic E-state index is 0.170. The summed E-state index contributed by atoms with van der Waals surface area (Å²) in [5.41, 5.74) is 0. The zero-order chi connectivity index (χ0) is 15.4. The highest BCUT2D eigenvalue weighted by Crippen LogP contribution is 2.28. The summed E-state index contributed by atoms with van der Waals surface area (Å²) in [7, 11) is 0. The highest BCUT2D eigenvalue weighted by Gasteiger charge is 2.31. The minimum atomic E-state index is -0.170. The largest absolute Gasteiger partial charge is 0.450 e. The van der Waals surface area contributed by atoms with Gasteiger partial charge < -0.3 is 19.1 Å². The normalized spacial score (nSPS) is 22.0. The zero-order valence-corrected chi connectivity index (χ0v) is 13.1. The lowest BCUT2D eigenvalue weighted by Gasteiger charge is -2.41. The molecule has 3 heterocycles. The van der Waals surface area contributed by atoms with Crippen molar-refractivity contribution in [1.82, 2.24) is 19.9 Å². The molecule has 2 fully saturated rings. The number of ether oxygens (including phenoxy) is 1. The van der Waals surface area contributed by atoms with Gasteiger partial charge in [0.2, 0.25) is 6.39 Å². The fraction of sp³-hybridized carbons (Fsp3) is 0.800. The highest BCUT2D eigenvalue weighted by atomic mass is 16.6. The van der Waals surface area contributed by atoms with Crippen molar-refractivity contribution in [2.75, 3.05) is 32.8 Å². The molecule has 7 nitrogen and oxygen atoms in total. The monoisotopic (exact) mass is 308 g/mol. The fourth-order valence-electron chi connectivity index (χ4n) is 3.51. The molecule has 0 radical (unpaired) electrons. The van der Waals surface area contributed by atoms with Gasteiger partial charge in [0.15, 0.2) is 5.82 Å². The number of likely N-dealkylation sites (tertiary alicyclic amines) is 2. The second kappa shape index (κ2) is 7.09. The Labute approximate surface area is 130 Å². The van der Waals surface area contributed by atoms with E-state index >= 15 is 0 Å². The van der Waals surface area contributed by atoms with E-state index < -0.39 is 0 Å². The first-order valence-electron chi connectivity index (χ1n) is 8.20. The third-order valence-corrected chi connectivity index (χ3v) is 4.78. The second-order valence-electron chi connectivity index (χ2n) is 6.02. The van der Waals surface area contributed by atoms with Crippen molar-refractivity contribution >= 4 is 6.09 Å². The first kappa shape index (κ1) is 15.3. The van der Waals surface area contributed by atoms with Gasteiger partial charge in [-0.25, -0.2) is 4.79 Å². The number of hydrogen-bond donors (Lipinski definition) is 0. The van der Waals surface area contributed by atoms with E-state index in [4.69, 9.17) is 9.26 Å². The van der Waals surface area contributed by atoms with Gasteiger partial charge in [0.25, 0.3) is 0 Å². The van der Waals surface area contributed by atoms with Crippen molar-refractivity contribution in [3.63, 3.8) is 0 Å². The van der Waals surface area contributed by atoms with Crippen molar-refractivity contribution < 1.29 is 14.1 Å². The number of amides is 1. The maximum Gasteiger partial charge on any atom is 0.409 e. The van der Waals surface area contributed by atoms with Crippen molar-refractivity contribution in [3.8, 4) is 0 Å². The van der Waals surface area contributed by atoms with Gasteiger partial charge in [-0.05, 0) is 45.7 Å². The molecule has 0 aromatic carbocycles. The first-order valence-corrected chi connectivity index (χ1v) is 8.20. The van der Waals surface area contributed by atoms with Crippen LogP contribution in [0.5, 0.6) is 0 Å². The summed E-state index contributed by atoms with van der Waals surface area (Å²) in [5, 5.41) is 3.96. The summed E-state index contributed by atoms with van der Waals surface area (Å²) in [6.07, 6.45) is 5.47. The van der Waals surface area contributed by atoms with E-state index in [-0.39, 0.29) is 6.09 Å². The molecule has 2 aliphatic heterocycles. The Bertz CT molecular complexity index is 463. The summed E-state index contributed by atoms with van der Waals surface area (Å²) >= 11 is 0. The van der Waals surface area contributed by atoms with Gasteiger partial charge >= 0.3 is 6.09 Å². The van der Waals surface area contributed by atoms with Crippen molar-refractivity contribution in [2.45, 2.75) is 44.6 Å². The van der Waals surface area contributed by atoms with E-state index in [0.717, 1.165) is 57.7 Å². The van der Waals surface area contributed by atoms with Crippen LogP contribution in [0.15, 0.2) is 10.9 Å². The molecule has 1 aromatic heterocycles. The van der Waals surface area contributed by atoms with Crippen molar-refractivity contribution in [2.24, 2.45) is 0 Å². The minimum Gasteiger partial charge on any atom is -0.450 e.